The van der Waals surface area contributed by atoms with E-state index in [-0.39, 0.29) is 11.7 Å². The fourth-order valence-corrected chi connectivity index (χ4v) is 1.19. The van der Waals surface area contributed by atoms with Crippen LogP contribution in [0.15, 0.2) is 0 Å². The molecule has 0 saturated carbocycles. The molecule has 1 N–H and O–H groups in total. The molecule has 0 spiro atoms. The van der Waals surface area contributed by atoms with Crippen molar-refractivity contribution in [2.24, 2.45) is 0 Å². The molecular weight excluding hydrogens is 152 g/mol. The van der Waals surface area contributed by atoms with E-state index in [1.54, 1.807) is 7.11 Å². The van der Waals surface area contributed by atoms with Crippen LogP contribution in [0, 0.1) is 0 Å². The molecule has 0 aliphatic carbocycles. The van der Waals surface area contributed by atoms with Crippen LogP contribution >= 0.6 is 0 Å². The number of rotatable bonds is 6. The van der Waals surface area contributed by atoms with Gasteiger partial charge in [0.15, 0.2) is 0 Å². The van der Waals surface area contributed by atoms with Crippen molar-refractivity contribution in [1.29, 1.82) is 0 Å². The molecule has 0 aromatic heterocycles. The van der Waals surface area contributed by atoms with Crippen molar-refractivity contribution in [3.63, 3.8) is 0 Å². The van der Waals surface area contributed by atoms with Crippen molar-refractivity contribution in [2.45, 2.75) is 58.2 Å². The predicted molar refractivity (Wildman–Crippen MR) is 51.2 cm³/mol. The SMILES string of the molecule is CCC(C)(CCCC(C)O)OC. The molecule has 0 rings (SSSR count). The van der Waals surface area contributed by atoms with E-state index in [1.807, 2.05) is 6.92 Å². The third-order valence-electron chi connectivity index (χ3n) is 2.57. The molecule has 0 aromatic carbocycles. The lowest BCUT2D eigenvalue weighted by molar-refractivity contribution is -0.00806. The summed E-state index contributed by atoms with van der Waals surface area (Å²) < 4.78 is 5.39. The lowest BCUT2D eigenvalue weighted by atomic mass is 9.95. The number of methoxy groups -OCH3 is 1. The fourth-order valence-electron chi connectivity index (χ4n) is 1.19. The van der Waals surface area contributed by atoms with Gasteiger partial charge < -0.3 is 9.84 Å². The van der Waals surface area contributed by atoms with E-state index in [1.165, 1.54) is 0 Å². The first-order valence-corrected chi connectivity index (χ1v) is 4.77. The lowest BCUT2D eigenvalue weighted by Gasteiger charge is -2.26. The van der Waals surface area contributed by atoms with Gasteiger partial charge in [0.2, 0.25) is 0 Å². The van der Waals surface area contributed by atoms with Gasteiger partial charge in [0.25, 0.3) is 0 Å². The highest BCUT2D eigenvalue weighted by Gasteiger charge is 2.20. The minimum atomic E-state index is -0.178. The molecule has 0 heterocycles. The molecule has 0 fully saturated rings. The number of ether oxygens (including phenoxy) is 1. The minimum absolute atomic E-state index is 0.00882. The maximum absolute atomic E-state index is 9.05. The average Bonchev–Trinajstić information content (AvgIpc) is 2.03. The second-order valence-corrected chi connectivity index (χ2v) is 3.75. The van der Waals surface area contributed by atoms with Crippen molar-refractivity contribution >= 4 is 0 Å². The van der Waals surface area contributed by atoms with Gasteiger partial charge in [0.1, 0.15) is 0 Å². The van der Waals surface area contributed by atoms with E-state index in [2.05, 4.69) is 13.8 Å². The standard InChI is InChI=1S/C10H22O2/c1-5-10(3,12-4)8-6-7-9(2)11/h9,11H,5-8H2,1-4H3. The summed E-state index contributed by atoms with van der Waals surface area (Å²) in [5, 5.41) is 9.05. The molecule has 12 heavy (non-hydrogen) atoms. The summed E-state index contributed by atoms with van der Waals surface area (Å²) in [4.78, 5) is 0. The summed E-state index contributed by atoms with van der Waals surface area (Å²) in [7, 11) is 1.76. The Morgan fingerprint density at radius 2 is 2.08 bits per heavy atom. The third-order valence-corrected chi connectivity index (χ3v) is 2.57. The maximum atomic E-state index is 9.05. The first-order chi connectivity index (χ1) is 5.54. The van der Waals surface area contributed by atoms with Gasteiger partial charge in [-0.1, -0.05) is 6.92 Å². The van der Waals surface area contributed by atoms with Gasteiger partial charge in [-0.15, -0.1) is 0 Å². The molecule has 0 radical (unpaired) electrons. The van der Waals surface area contributed by atoms with Crippen LogP contribution in [0.2, 0.25) is 0 Å². The summed E-state index contributed by atoms with van der Waals surface area (Å²) in [6.45, 7) is 6.08. The van der Waals surface area contributed by atoms with Crippen LogP contribution in [0.3, 0.4) is 0 Å². The van der Waals surface area contributed by atoms with Crippen LogP contribution in [0.25, 0.3) is 0 Å². The quantitative estimate of drug-likeness (QED) is 0.669. The fraction of sp³-hybridized carbons (Fsp3) is 1.00. The summed E-state index contributed by atoms with van der Waals surface area (Å²) in [6.07, 6.45) is 3.80. The molecule has 0 amide bonds. The summed E-state index contributed by atoms with van der Waals surface area (Å²) in [5.41, 5.74) is 0.00882. The number of aliphatic hydroxyl groups excluding tert-OH is 1. The highest BCUT2D eigenvalue weighted by Crippen LogP contribution is 2.21. The van der Waals surface area contributed by atoms with Crippen molar-refractivity contribution in [3.05, 3.63) is 0 Å². The monoisotopic (exact) mass is 174 g/mol. The highest BCUT2D eigenvalue weighted by molar-refractivity contribution is 4.72. The Balaban J connectivity index is 3.58. The van der Waals surface area contributed by atoms with Gasteiger partial charge in [0.05, 0.1) is 11.7 Å². The van der Waals surface area contributed by atoms with Crippen molar-refractivity contribution < 1.29 is 9.84 Å². The largest absolute Gasteiger partial charge is 0.393 e. The van der Waals surface area contributed by atoms with E-state index in [0.717, 1.165) is 25.7 Å². The first kappa shape index (κ1) is 11.9. The lowest BCUT2D eigenvalue weighted by Crippen LogP contribution is -2.26. The van der Waals surface area contributed by atoms with E-state index in [0.29, 0.717) is 0 Å². The Morgan fingerprint density at radius 1 is 1.50 bits per heavy atom. The van der Waals surface area contributed by atoms with Crippen molar-refractivity contribution in [1.82, 2.24) is 0 Å². The second-order valence-electron chi connectivity index (χ2n) is 3.75. The molecule has 0 aliphatic heterocycles. The number of aliphatic hydroxyl groups is 1. The van der Waals surface area contributed by atoms with Gasteiger partial charge in [-0.2, -0.15) is 0 Å². The van der Waals surface area contributed by atoms with Crippen LogP contribution in [0.5, 0.6) is 0 Å². The van der Waals surface area contributed by atoms with Crippen molar-refractivity contribution in [2.75, 3.05) is 7.11 Å². The van der Waals surface area contributed by atoms with Crippen LogP contribution in [0.4, 0.5) is 0 Å². The zero-order chi connectivity index (χ0) is 9.61. The van der Waals surface area contributed by atoms with Crippen LogP contribution in [-0.4, -0.2) is 23.9 Å². The zero-order valence-electron chi connectivity index (χ0n) is 8.76. The molecule has 0 aromatic rings. The second kappa shape index (κ2) is 5.55. The van der Waals surface area contributed by atoms with Gasteiger partial charge in [-0.25, -0.2) is 0 Å². The number of hydrogen-bond donors (Lipinski definition) is 1. The van der Waals surface area contributed by atoms with E-state index in [4.69, 9.17) is 9.84 Å². The summed E-state index contributed by atoms with van der Waals surface area (Å²) >= 11 is 0. The van der Waals surface area contributed by atoms with Gasteiger partial charge in [0, 0.05) is 7.11 Å². The predicted octanol–water partition coefficient (Wildman–Crippen LogP) is 2.35. The molecule has 74 valence electrons. The molecule has 2 nitrogen and oxygen atoms in total. The Labute approximate surface area is 75.9 Å². The minimum Gasteiger partial charge on any atom is -0.393 e. The zero-order valence-corrected chi connectivity index (χ0v) is 8.76. The van der Waals surface area contributed by atoms with Crippen molar-refractivity contribution in [3.8, 4) is 0 Å². The summed E-state index contributed by atoms with van der Waals surface area (Å²) in [5.74, 6) is 0. The Morgan fingerprint density at radius 3 is 2.42 bits per heavy atom. The van der Waals surface area contributed by atoms with Gasteiger partial charge in [-0.3, -0.25) is 0 Å². The Bertz CT molecular complexity index is 106. The topological polar surface area (TPSA) is 29.5 Å². The molecule has 2 atom stereocenters. The third kappa shape index (κ3) is 4.73. The van der Waals surface area contributed by atoms with Crippen LogP contribution in [0.1, 0.15) is 46.5 Å². The van der Waals surface area contributed by atoms with Crippen LogP contribution in [-0.2, 0) is 4.74 Å². The first-order valence-electron chi connectivity index (χ1n) is 4.77. The molecular formula is C10H22O2. The van der Waals surface area contributed by atoms with E-state index < -0.39 is 0 Å². The highest BCUT2D eigenvalue weighted by atomic mass is 16.5. The molecule has 0 bridgehead atoms. The molecule has 0 saturated heterocycles. The molecule has 2 heteroatoms. The van der Waals surface area contributed by atoms with Crippen LogP contribution < -0.4 is 0 Å². The molecule has 2 unspecified atom stereocenters. The normalized spacial score (nSPS) is 18.8. The number of hydrogen-bond acceptors (Lipinski definition) is 2. The molecule has 0 aliphatic rings. The maximum Gasteiger partial charge on any atom is 0.0648 e. The Kier molecular flexibility index (Phi) is 5.51. The van der Waals surface area contributed by atoms with E-state index >= 15 is 0 Å². The van der Waals surface area contributed by atoms with Gasteiger partial charge in [-0.05, 0) is 39.5 Å². The Hall–Kier alpha value is -0.0800. The van der Waals surface area contributed by atoms with Gasteiger partial charge >= 0.3 is 0 Å². The smallest absolute Gasteiger partial charge is 0.0648 e. The van der Waals surface area contributed by atoms with E-state index in [9.17, 15) is 0 Å². The average molecular weight is 174 g/mol. The summed E-state index contributed by atoms with van der Waals surface area (Å²) in [6, 6.07) is 0.